The van der Waals surface area contributed by atoms with Crippen LogP contribution in [0.2, 0.25) is 0 Å². The normalized spacial score (nSPS) is 11.3. The summed E-state index contributed by atoms with van der Waals surface area (Å²) in [6, 6.07) is 12.1. The lowest BCUT2D eigenvalue weighted by Gasteiger charge is -2.05. The number of benzene rings is 1. The molecule has 2 N–H and O–H groups in total. The number of nitrogens with zero attached hydrogens (tertiary/aromatic N) is 2. The van der Waals surface area contributed by atoms with Crippen molar-refractivity contribution >= 4 is 45.3 Å². The van der Waals surface area contributed by atoms with Crippen molar-refractivity contribution in [3.05, 3.63) is 63.7 Å². The molecule has 0 aliphatic rings. The number of anilines is 2. The van der Waals surface area contributed by atoms with Crippen molar-refractivity contribution in [2.45, 2.75) is 0 Å². The lowest BCUT2D eigenvalue weighted by molar-refractivity contribution is 0.100. The van der Waals surface area contributed by atoms with Crippen LogP contribution in [0.25, 0.3) is 0 Å². The fourth-order valence-corrected chi connectivity index (χ4v) is 3.41. The lowest BCUT2D eigenvalue weighted by atomic mass is 10.3. The van der Waals surface area contributed by atoms with Crippen molar-refractivity contribution < 1.29 is 9.59 Å². The van der Waals surface area contributed by atoms with Crippen LogP contribution in [0.4, 0.5) is 15.5 Å². The van der Waals surface area contributed by atoms with E-state index in [9.17, 15) is 9.59 Å². The molecule has 0 bridgehead atoms. The van der Waals surface area contributed by atoms with E-state index in [4.69, 9.17) is 0 Å². The highest BCUT2D eigenvalue weighted by Gasteiger charge is 2.10. The molecule has 0 saturated heterocycles. The van der Waals surface area contributed by atoms with Crippen LogP contribution in [-0.4, -0.2) is 16.5 Å². The molecular weight excluding hydrogens is 344 g/mol. The SMILES string of the molecule is Cn1ccsc1=NC(=O)c1ccc(NC(=O)Nc2ccccc2)s1. The molecule has 0 fully saturated rings. The first kappa shape index (κ1) is 16.2. The molecule has 0 aliphatic heterocycles. The zero-order valence-corrected chi connectivity index (χ0v) is 14.4. The molecule has 6 nitrogen and oxygen atoms in total. The van der Waals surface area contributed by atoms with Crippen molar-refractivity contribution in [2.24, 2.45) is 12.0 Å². The monoisotopic (exact) mass is 358 g/mol. The van der Waals surface area contributed by atoms with Gasteiger partial charge in [0, 0.05) is 24.3 Å². The molecule has 0 aliphatic carbocycles. The molecule has 122 valence electrons. The minimum atomic E-state index is -0.358. The molecule has 3 rings (SSSR count). The number of hydrogen-bond acceptors (Lipinski definition) is 4. The van der Waals surface area contributed by atoms with Gasteiger partial charge in [0.05, 0.1) is 9.88 Å². The van der Waals surface area contributed by atoms with Crippen molar-refractivity contribution in [2.75, 3.05) is 10.6 Å². The number of rotatable bonds is 3. The number of carbonyl (C=O) groups excluding carboxylic acids is 2. The maximum Gasteiger partial charge on any atom is 0.324 e. The van der Waals surface area contributed by atoms with Gasteiger partial charge < -0.3 is 9.88 Å². The molecule has 0 radical (unpaired) electrons. The Morgan fingerprint density at radius 2 is 1.88 bits per heavy atom. The summed E-state index contributed by atoms with van der Waals surface area (Å²) in [4.78, 5) is 29.3. The maximum atomic E-state index is 12.2. The summed E-state index contributed by atoms with van der Waals surface area (Å²) < 4.78 is 1.78. The number of amides is 3. The number of thiazole rings is 1. The van der Waals surface area contributed by atoms with Crippen LogP contribution in [0.5, 0.6) is 0 Å². The van der Waals surface area contributed by atoms with Gasteiger partial charge in [0.2, 0.25) is 0 Å². The third-order valence-corrected chi connectivity index (χ3v) is 4.88. The number of urea groups is 1. The van der Waals surface area contributed by atoms with Gasteiger partial charge >= 0.3 is 6.03 Å². The van der Waals surface area contributed by atoms with E-state index in [1.165, 1.54) is 22.7 Å². The number of aromatic nitrogens is 1. The number of thiophene rings is 1. The van der Waals surface area contributed by atoms with Gasteiger partial charge in [0.1, 0.15) is 0 Å². The van der Waals surface area contributed by atoms with Gasteiger partial charge in [-0.15, -0.1) is 22.7 Å². The molecular formula is C16H14N4O2S2. The smallest absolute Gasteiger partial charge is 0.324 e. The van der Waals surface area contributed by atoms with Crippen LogP contribution >= 0.6 is 22.7 Å². The molecule has 3 amide bonds. The van der Waals surface area contributed by atoms with Crippen LogP contribution in [0.1, 0.15) is 9.67 Å². The molecule has 8 heteroatoms. The van der Waals surface area contributed by atoms with Gasteiger partial charge in [-0.3, -0.25) is 10.1 Å². The zero-order chi connectivity index (χ0) is 16.9. The summed E-state index contributed by atoms with van der Waals surface area (Å²) >= 11 is 2.58. The second kappa shape index (κ2) is 7.24. The molecule has 0 spiro atoms. The first-order valence-electron chi connectivity index (χ1n) is 7.04. The van der Waals surface area contributed by atoms with Crippen LogP contribution < -0.4 is 15.4 Å². The maximum absolute atomic E-state index is 12.2. The fourth-order valence-electron chi connectivity index (χ4n) is 1.89. The van der Waals surface area contributed by atoms with E-state index in [1.54, 1.807) is 28.8 Å². The Hall–Kier alpha value is -2.71. The first-order valence-corrected chi connectivity index (χ1v) is 8.73. The van der Waals surface area contributed by atoms with E-state index >= 15 is 0 Å². The summed E-state index contributed by atoms with van der Waals surface area (Å²) in [7, 11) is 1.83. The molecule has 24 heavy (non-hydrogen) atoms. The van der Waals surface area contributed by atoms with E-state index in [1.807, 2.05) is 36.8 Å². The number of aryl methyl sites for hydroxylation is 1. The third-order valence-electron chi connectivity index (χ3n) is 3.04. The summed E-state index contributed by atoms with van der Waals surface area (Å²) in [6.45, 7) is 0. The summed E-state index contributed by atoms with van der Waals surface area (Å²) in [5.41, 5.74) is 0.697. The largest absolute Gasteiger partial charge is 0.327 e. The Morgan fingerprint density at radius 3 is 2.58 bits per heavy atom. The zero-order valence-electron chi connectivity index (χ0n) is 12.7. The van der Waals surface area contributed by atoms with Gasteiger partial charge in [0.15, 0.2) is 4.80 Å². The number of nitrogens with one attached hydrogen (secondary N) is 2. The Balaban J connectivity index is 1.66. The fraction of sp³-hybridized carbons (Fsp3) is 0.0625. The lowest BCUT2D eigenvalue weighted by Crippen LogP contribution is -2.18. The van der Waals surface area contributed by atoms with Crippen LogP contribution in [0.15, 0.2) is 59.0 Å². The minimum absolute atomic E-state index is 0.324. The molecule has 0 saturated carbocycles. The van der Waals surface area contributed by atoms with Gasteiger partial charge in [-0.1, -0.05) is 18.2 Å². The summed E-state index contributed by atoms with van der Waals surface area (Å²) in [5, 5.41) is 7.87. The average molecular weight is 358 g/mol. The number of para-hydroxylation sites is 1. The second-order valence-corrected chi connectivity index (χ2v) is 6.78. The summed E-state index contributed by atoms with van der Waals surface area (Å²) in [5.74, 6) is -0.324. The van der Waals surface area contributed by atoms with E-state index in [-0.39, 0.29) is 11.9 Å². The molecule has 2 aromatic heterocycles. The Bertz CT molecular complexity index is 925. The van der Waals surface area contributed by atoms with Crippen molar-refractivity contribution in [1.82, 2.24) is 4.57 Å². The van der Waals surface area contributed by atoms with Crippen LogP contribution in [-0.2, 0) is 7.05 Å². The van der Waals surface area contributed by atoms with Crippen molar-refractivity contribution in [3.63, 3.8) is 0 Å². The topological polar surface area (TPSA) is 75.5 Å². The second-order valence-electron chi connectivity index (χ2n) is 4.82. The predicted molar refractivity (Wildman–Crippen MR) is 96.6 cm³/mol. The number of hydrogen-bond donors (Lipinski definition) is 2. The van der Waals surface area contributed by atoms with Gasteiger partial charge in [-0.05, 0) is 24.3 Å². The van der Waals surface area contributed by atoms with E-state index in [2.05, 4.69) is 15.6 Å². The molecule has 0 atom stereocenters. The van der Waals surface area contributed by atoms with Gasteiger partial charge in [0.25, 0.3) is 5.91 Å². The van der Waals surface area contributed by atoms with Crippen molar-refractivity contribution in [1.29, 1.82) is 0 Å². The Morgan fingerprint density at radius 1 is 1.08 bits per heavy atom. The van der Waals surface area contributed by atoms with Crippen molar-refractivity contribution in [3.8, 4) is 0 Å². The molecule has 1 aromatic carbocycles. The third kappa shape index (κ3) is 3.98. The quantitative estimate of drug-likeness (QED) is 0.751. The van der Waals surface area contributed by atoms with Gasteiger partial charge in [-0.2, -0.15) is 4.99 Å². The van der Waals surface area contributed by atoms with E-state index < -0.39 is 0 Å². The minimum Gasteiger partial charge on any atom is -0.327 e. The number of carbonyl (C=O) groups is 2. The molecule has 3 aromatic rings. The average Bonchev–Trinajstić information content (AvgIpc) is 3.18. The Labute approximate surface area is 146 Å². The summed E-state index contributed by atoms with van der Waals surface area (Å²) in [6.07, 6.45) is 1.84. The van der Waals surface area contributed by atoms with E-state index in [0.29, 0.717) is 20.4 Å². The highest BCUT2D eigenvalue weighted by Crippen LogP contribution is 2.22. The standard InChI is InChI=1S/C16H14N4O2S2/c1-20-9-10-23-16(20)19-14(21)12-7-8-13(24-12)18-15(22)17-11-5-3-2-4-6-11/h2-10H,1H3,(H2,17,18,22). The van der Waals surface area contributed by atoms with Crippen LogP contribution in [0.3, 0.4) is 0 Å². The van der Waals surface area contributed by atoms with Crippen LogP contribution in [0, 0.1) is 0 Å². The van der Waals surface area contributed by atoms with Gasteiger partial charge in [-0.25, -0.2) is 4.79 Å². The highest BCUT2D eigenvalue weighted by atomic mass is 32.1. The molecule has 2 heterocycles. The highest BCUT2D eigenvalue weighted by molar-refractivity contribution is 7.18. The van der Waals surface area contributed by atoms with E-state index in [0.717, 1.165) is 0 Å². The first-order chi connectivity index (χ1) is 11.6. The predicted octanol–water partition coefficient (Wildman–Crippen LogP) is 3.53. The molecule has 0 unspecified atom stereocenters. The Kier molecular flexibility index (Phi) is 4.88.